The first-order valence-electron chi connectivity index (χ1n) is 4.78. The van der Waals surface area contributed by atoms with E-state index in [9.17, 15) is 17.2 Å². The molecule has 1 aromatic carbocycles. The summed E-state index contributed by atoms with van der Waals surface area (Å²) in [5, 5.41) is -1.04. The summed E-state index contributed by atoms with van der Waals surface area (Å²) in [6.45, 7) is 1.17. The number of nitrogen functional groups attached to an aromatic ring is 1. The van der Waals surface area contributed by atoms with E-state index in [1.807, 2.05) is 0 Å². The van der Waals surface area contributed by atoms with E-state index < -0.39 is 31.6 Å². The van der Waals surface area contributed by atoms with Crippen molar-refractivity contribution in [2.45, 2.75) is 17.1 Å². The van der Waals surface area contributed by atoms with Gasteiger partial charge in [-0.25, -0.2) is 17.2 Å². The summed E-state index contributed by atoms with van der Waals surface area (Å²) in [6.07, 6.45) is 0. The molecule has 0 spiro atoms. The van der Waals surface area contributed by atoms with Crippen molar-refractivity contribution in [2.24, 2.45) is 0 Å². The number of sulfone groups is 1. The van der Waals surface area contributed by atoms with E-state index in [0.29, 0.717) is 0 Å². The maximum absolute atomic E-state index is 13.5. The van der Waals surface area contributed by atoms with Crippen molar-refractivity contribution in [3.63, 3.8) is 0 Å². The third-order valence-electron chi connectivity index (χ3n) is 2.24. The van der Waals surface area contributed by atoms with Crippen LogP contribution in [0.2, 0.25) is 0 Å². The van der Waals surface area contributed by atoms with Crippen LogP contribution >= 0.6 is 0 Å². The molecule has 0 fully saturated rings. The number of ether oxygens (including phenoxy) is 1. The Morgan fingerprint density at radius 2 is 1.82 bits per heavy atom. The molecule has 1 aromatic rings. The molecule has 7 heteroatoms. The highest BCUT2D eigenvalue weighted by Gasteiger charge is 2.30. The number of hydrogen-bond donors (Lipinski definition) is 1. The molecule has 0 aliphatic rings. The van der Waals surface area contributed by atoms with Gasteiger partial charge in [-0.05, 0) is 19.1 Å². The standard InChI is InChI=1S/C10H13F2NO3S/c1-6(5-16-2)17(14,15)10-8(11)3-7(13)4-9(10)12/h3-4,6H,5,13H2,1-2H3. The first-order valence-corrected chi connectivity index (χ1v) is 6.32. The lowest BCUT2D eigenvalue weighted by atomic mass is 10.3. The molecule has 96 valence electrons. The Bertz CT molecular complexity index is 493. The van der Waals surface area contributed by atoms with Crippen molar-refractivity contribution >= 4 is 15.5 Å². The zero-order valence-corrected chi connectivity index (χ0v) is 10.2. The number of halogens is 2. The van der Waals surface area contributed by atoms with E-state index in [0.717, 1.165) is 12.1 Å². The third-order valence-corrected chi connectivity index (χ3v) is 4.39. The summed E-state index contributed by atoms with van der Waals surface area (Å²) in [5.41, 5.74) is 5.04. The molecule has 0 amide bonds. The summed E-state index contributed by atoms with van der Waals surface area (Å²) >= 11 is 0. The molecule has 4 nitrogen and oxygen atoms in total. The van der Waals surface area contributed by atoms with E-state index in [1.165, 1.54) is 14.0 Å². The highest BCUT2D eigenvalue weighted by atomic mass is 32.2. The monoisotopic (exact) mass is 265 g/mol. The molecular weight excluding hydrogens is 252 g/mol. The second kappa shape index (κ2) is 4.97. The molecule has 0 radical (unpaired) electrons. The Balaban J connectivity index is 3.34. The Labute approximate surface area is 98.3 Å². The largest absolute Gasteiger partial charge is 0.399 e. The zero-order chi connectivity index (χ0) is 13.2. The lowest BCUT2D eigenvalue weighted by molar-refractivity contribution is 0.200. The highest BCUT2D eigenvalue weighted by Crippen LogP contribution is 2.25. The van der Waals surface area contributed by atoms with Gasteiger partial charge < -0.3 is 10.5 Å². The molecule has 1 unspecified atom stereocenters. The lowest BCUT2D eigenvalue weighted by Crippen LogP contribution is -2.25. The number of rotatable bonds is 4. The van der Waals surface area contributed by atoms with Crippen LogP contribution in [0.3, 0.4) is 0 Å². The number of methoxy groups -OCH3 is 1. The van der Waals surface area contributed by atoms with E-state index in [-0.39, 0.29) is 12.3 Å². The van der Waals surface area contributed by atoms with Gasteiger partial charge in [-0.1, -0.05) is 0 Å². The van der Waals surface area contributed by atoms with E-state index in [1.54, 1.807) is 0 Å². The number of anilines is 1. The van der Waals surface area contributed by atoms with Crippen LogP contribution in [-0.2, 0) is 14.6 Å². The summed E-state index contributed by atoms with van der Waals surface area (Å²) in [5.74, 6) is -2.38. The predicted molar refractivity (Wildman–Crippen MR) is 59.3 cm³/mol. The first kappa shape index (κ1) is 13.9. The molecule has 17 heavy (non-hydrogen) atoms. The van der Waals surface area contributed by atoms with Gasteiger partial charge in [0.25, 0.3) is 0 Å². The molecule has 0 aliphatic carbocycles. The van der Waals surface area contributed by atoms with Crippen molar-refractivity contribution in [3.8, 4) is 0 Å². The highest BCUT2D eigenvalue weighted by molar-refractivity contribution is 7.92. The second-order valence-corrected chi connectivity index (χ2v) is 5.93. The summed E-state index contributed by atoms with van der Waals surface area (Å²) < 4.78 is 55.3. The Kier molecular flexibility index (Phi) is 4.05. The van der Waals surface area contributed by atoms with Crippen molar-refractivity contribution < 1.29 is 21.9 Å². The average Bonchev–Trinajstić information content (AvgIpc) is 2.15. The zero-order valence-electron chi connectivity index (χ0n) is 9.41. The van der Waals surface area contributed by atoms with Crippen LogP contribution in [0.4, 0.5) is 14.5 Å². The van der Waals surface area contributed by atoms with Gasteiger partial charge in [0.2, 0.25) is 0 Å². The van der Waals surface area contributed by atoms with Gasteiger partial charge in [0, 0.05) is 12.8 Å². The molecule has 0 saturated heterocycles. The average molecular weight is 265 g/mol. The summed E-state index contributed by atoms with van der Waals surface area (Å²) in [6, 6.07) is 1.55. The molecule has 0 heterocycles. The second-order valence-electron chi connectivity index (χ2n) is 3.62. The van der Waals surface area contributed by atoms with Gasteiger partial charge in [-0.3, -0.25) is 0 Å². The molecule has 0 saturated carbocycles. The first-order chi connectivity index (χ1) is 7.80. The SMILES string of the molecule is COCC(C)S(=O)(=O)c1c(F)cc(N)cc1F. The Hall–Kier alpha value is -1.21. The fourth-order valence-corrected chi connectivity index (χ4v) is 2.76. The molecule has 0 aliphatic heterocycles. The molecule has 1 rings (SSSR count). The van der Waals surface area contributed by atoms with Gasteiger partial charge in [0.05, 0.1) is 11.9 Å². The van der Waals surface area contributed by atoms with Gasteiger partial charge in [-0.2, -0.15) is 0 Å². The minimum atomic E-state index is -4.11. The maximum Gasteiger partial charge on any atom is 0.189 e. The Morgan fingerprint density at radius 1 is 1.35 bits per heavy atom. The lowest BCUT2D eigenvalue weighted by Gasteiger charge is -2.13. The topological polar surface area (TPSA) is 69.4 Å². The van der Waals surface area contributed by atoms with Crippen LogP contribution in [0.25, 0.3) is 0 Å². The van der Waals surface area contributed by atoms with Gasteiger partial charge >= 0.3 is 0 Å². The normalized spacial score (nSPS) is 13.6. The Morgan fingerprint density at radius 3 is 2.24 bits per heavy atom. The smallest absolute Gasteiger partial charge is 0.189 e. The maximum atomic E-state index is 13.5. The van der Waals surface area contributed by atoms with Crippen LogP contribution in [0.1, 0.15) is 6.92 Å². The fourth-order valence-electron chi connectivity index (χ4n) is 1.38. The third kappa shape index (κ3) is 2.73. The van der Waals surface area contributed by atoms with Crippen molar-refractivity contribution in [1.29, 1.82) is 0 Å². The van der Waals surface area contributed by atoms with Crippen molar-refractivity contribution in [3.05, 3.63) is 23.8 Å². The molecule has 1 atom stereocenters. The quantitative estimate of drug-likeness (QED) is 0.834. The molecule has 0 bridgehead atoms. The molecule has 0 aromatic heterocycles. The van der Waals surface area contributed by atoms with Crippen LogP contribution in [0, 0.1) is 11.6 Å². The van der Waals surface area contributed by atoms with Crippen LogP contribution < -0.4 is 5.73 Å². The van der Waals surface area contributed by atoms with Crippen molar-refractivity contribution in [1.82, 2.24) is 0 Å². The van der Waals surface area contributed by atoms with E-state index >= 15 is 0 Å². The van der Waals surface area contributed by atoms with Crippen LogP contribution in [-0.4, -0.2) is 27.4 Å². The number of nitrogens with two attached hydrogens (primary N) is 1. The predicted octanol–water partition coefficient (Wildman–Crippen LogP) is 1.36. The van der Waals surface area contributed by atoms with E-state index in [4.69, 9.17) is 5.73 Å². The van der Waals surface area contributed by atoms with Gasteiger partial charge in [0.15, 0.2) is 9.84 Å². The minimum Gasteiger partial charge on any atom is -0.399 e. The van der Waals surface area contributed by atoms with Crippen LogP contribution in [0.15, 0.2) is 17.0 Å². The number of hydrogen-bond acceptors (Lipinski definition) is 4. The molecular formula is C10H13F2NO3S. The summed E-state index contributed by atoms with van der Waals surface area (Å²) in [4.78, 5) is -0.962. The van der Waals surface area contributed by atoms with Gasteiger partial charge in [-0.15, -0.1) is 0 Å². The minimum absolute atomic E-state index is 0.147. The molecule has 2 N–H and O–H groups in total. The van der Waals surface area contributed by atoms with Crippen molar-refractivity contribution in [2.75, 3.05) is 19.5 Å². The summed E-state index contributed by atoms with van der Waals surface area (Å²) in [7, 11) is -2.80. The van der Waals surface area contributed by atoms with Gasteiger partial charge in [0.1, 0.15) is 16.5 Å². The number of benzene rings is 1. The van der Waals surface area contributed by atoms with Crippen LogP contribution in [0.5, 0.6) is 0 Å². The fraction of sp³-hybridized carbons (Fsp3) is 0.400. The van der Waals surface area contributed by atoms with E-state index in [2.05, 4.69) is 4.74 Å².